The third kappa shape index (κ3) is 2.50. The highest BCUT2D eigenvalue weighted by atomic mass is 16.5. The van der Waals surface area contributed by atoms with Gasteiger partial charge in [-0.3, -0.25) is 4.79 Å². The molecule has 1 saturated heterocycles. The second-order valence-electron chi connectivity index (χ2n) is 4.57. The minimum atomic E-state index is -0.0660. The van der Waals surface area contributed by atoms with E-state index in [4.69, 9.17) is 10.5 Å². The lowest BCUT2D eigenvalue weighted by atomic mass is 10.0. The van der Waals surface area contributed by atoms with Crippen LogP contribution < -0.4 is 5.73 Å². The summed E-state index contributed by atoms with van der Waals surface area (Å²) in [4.78, 5) is 17.0. The molecule has 2 heterocycles. The number of hydrogen-bond acceptors (Lipinski definition) is 3. The Morgan fingerprint density at radius 2 is 2.41 bits per heavy atom. The quantitative estimate of drug-likeness (QED) is 0.787. The van der Waals surface area contributed by atoms with Gasteiger partial charge in [0.15, 0.2) is 0 Å². The number of piperidine rings is 1. The zero-order chi connectivity index (χ0) is 12.4. The Balaban J connectivity index is 2.05. The predicted octanol–water partition coefficient (Wildman–Crippen LogP) is 0.511. The first kappa shape index (κ1) is 12.1. The summed E-state index contributed by atoms with van der Waals surface area (Å²) in [6, 6.07) is 1.88. The molecule has 5 heteroatoms. The third-order valence-corrected chi connectivity index (χ3v) is 3.26. The molecule has 0 spiro atoms. The van der Waals surface area contributed by atoms with Crippen LogP contribution in [0.5, 0.6) is 0 Å². The Hall–Kier alpha value is -1.33. The van der Waals surface area contributed by atoms with Crippen molar-refractivity contribution in [3.8, 4) is 0 Å². The number of amides is 1. The third-order valence-electron chi connectivity index (χ3n) is 3.26. The van der Waals surface area contributed by atoms with E-state index in [-0.39, 0.29) is 18.1 Å². The molecule has 1 aromatic heterocycles. The summed E-state index contributed by atoms with van der Waals surface area (Å²) >= 11 is 0. The minimum absolute atomic E-state index is 0.0204. The summed E-state index contributed by atoms with van der Waals surface area (Å²) in [6.07, 6.45) is 2.55. The van der Waals surface area contributed by atoms with Crippen LogP contribution >= 0.6 is 0 Å². The summed E-state index contributed by atoms with van der Waals surface area (Å²) < 4.78 is 5.30. The highest BCUT2D eigenvalue weighted by molar-refractivity contribution is 5.92. The lowest BCUT2D eigenvalue weighted by molar-refractivity contribution is 0.0159. The molecular formula is C12H19N3O2. The maximum absolute atomic E-state index is 12.2. The Morgan fingerprint density at radius 1 is 1.65 bits per heavy atom. The second-order valence-corrected chi connectivity index (χ2v) is 4.57. The number of nitrogens with one attached hydrogen (secondary N) is 1. The molecule has 5 nitrogen and oxygen atoms in total. The first-order valence-corrected chi connectivity index (χ1v) is 5.84. The van der Waals surface area contributed by atoms with E-state index in [1.54, 1.807) is 12.0 Å². The van der Waals surface area contributed by atoms with Crippen LogP contribution in [0.15, 0.2) is 12.3 Å². The summed E-state index contributed by atoms with van der Waals surface area (Å²) in [5, 5.41) is 0. The monoisotopic (exact) mass is 237 g/mol. The molecule has 1 fully saturated rings. The van der Waals surface area contributed by atoms with Gasteiger partial charge in [-0.2, -0.15) is 0 Å². The molecule has 94 valence electrons. The van der Waals surface area contributed by atoms with Gasteiger partial charge in [-0.25, -0.2) is 0 Å². The zero-order valence-electron chi connectivity index (χ0n) is 10.3. The zero-order valence-corrected chi connectivity index (χ0v) is 10.3. The fourth-order valence-electron chi connectivity index (χ4n) is 2.16. The number of carbonyl (C=O) groups excluding carboxylic acids is 1. The van der Waals surface area contributed by atoms with Crippen molar-refractivity contribution in [2.75, 3.05) is 20.2 Å². The molecule has 1 aromatic rings. The molecule has 1 amide bonds. The number of H-pyrrole nitrogens is 1. The van der Waals surface area contributed by atoms with E-state index in [1.165, 1.54) is 0 Å². The molecule has 2 atom stereocenters. The van der Waals surface area contributed by atoms with Crippen LogP contribution in [0, 0.1) is 6.92 Å². The van der Waals surface area contributed by atoms with Gasteiger partial charge in [0.25, 0.3) is 5.91 Å². The minimum Gasteiger partial charge on any atom is -0.378 e. The molecule has 2 rings (SSSR count). The van der Waals surface area contributed by atoms with Crippen molar-refractivity contribution in [1.29, 1.82) is 0 Å². The molecule has 1 aliphatic rings. The van der Waals surface area contributed by atoms with Gasteiger partial charge in [0.05, 0.1) is 6.10 Å². The van der Waals surface area contributed by atoms with E-state index in [0.717, 1.165) is 12.0 Å². The van der Waals surface area contributed by atoms with Gasteiger partial charge >= 0.3 is 0 Å². The number of aromatic amines is 1. The summed E-state index contributed by atoms with van der Waals surface area (Å²) in [5.74, 6) is 0.0204. The highest BCUT2D eigenvalue weighted by Gasteiger charge is 2.29. The van der Waals surface area contributed by atoms with Crippen molar-refractivity contribution in [3.63, 3.8) is 0 Å². The number of carbonyl (C=O) groups is 1. The number of aromatic nitrogens is 1. The van der Waals surface area contributed by atoms with Crippen molar-refractivity contribution >= 4 is 5.91 Å². The lowest BCUT2D eigenvalue weighted by Crippen LogP contribution is -2.53. The molecule has 17 heavy (non-hydrogen) atoms. The predicted molar refractivity (Wildman–Crippen MR) is 64.8 cm³/mol. The van der Waals surface area contributed by atoms with Gasteiger partial charge in [0.1, 0.15) is 5.69 Å². The van der Waals surface area contributed by atoms with Crippen LogP contribution in [-0.2, 0) is 4.74 Å². The van der Waals surface area contributed by atoms with Gasteiger partial charge in [0, 0.05) is 32.4 Å². The van der Waals surface area contributed by atoms with E-state index in [9.17, 15) is 4.79 Å². The van der Waals surface area contributed by atoms with E-state index >= 15 is 0 Å². The number of ether oxygens (including phenoxy) is 1. The fraction of sp³-hybridized carbons (Fsp3) is 0.583. The van der Waals surface area contributed by atoms with Crippen molar-refractivity contribution < 1.29 is 9.53 Å². The maximum atomic E-state index is 12.2. The molecule has 0 unspecified atom stereocenters. The van der Waals surface area contributed by atoms with E-state index in [0.29, 0.717) is 18.8 Å². The van der Waals surface area contributed by atoms with Crippen LogP contribution in [0.1, 0.15) is 22.5 Å². The van der Waals surface area contributed by atoms with Gasteiger partial charge in [-0.15, -0.1) is 0 Å². The van der Waals surface area contributed by atoms with Crippen LogP contribution in [-0.4, -0.2) is 48.1 Å². The summed E-state index contributed by atoms with van der Waals surface area (Å²) in [7, 11) is 1.64. The lowest BCUT2D eigenvalue weighted by Gasteiger charge is -2.35. The van der Waals surface area contributed by atoms with Gasteiger partial charge in [0.2, 0.25) is 0 Å². The fourth-order valence-corrected chi connectivity index (χ4v) is 2.16. The number of nitrogens with two attached hydrogens (primary N) is 1. The molecule has 0 saturated carbocycles. The molecule has 1 aliphatic heterocycles. The van der Waals surface area contributed by atoms with Gasteiger partial charge < -0.3 is 20.4 Å². The maximum Gasteiger partial charge on any atom is 0.270 e. The Bertz CT molecular complexity index is 402. The van der Waals surface area contributed by atoms with E-state index in [2.05, 4.69) is 4.98 Å². The van der Waals surface area contributed by atoms with Gasteiger partial charge in [-0.05, 0) is 25.0 Å². The molecular weight excluding hydrogens is 218 g/mol. The number of nitrogens with zero attached hydrogens (tertiary/aromatic N) is 1. The molecule has 0 bridgehead atoms. The first-order chi connectivity index (χ1) is 8.11. The smallest absolute Gasteiger partial charge is 0.270 e. The Labute approximate surface area is 101 Å². The van der Waals surface area contributed by atoms with Crippen molar-refractivity contribution in [2.45, 2.75) is 25.5 Å². The van der Waals surface area contributed by atoms with Crippen molar-refractivity contribution in [2.24, 2.45) is 5.73 Å². The second kappa shape index (κ2) is 4.89. The number of likely N-dealkylation sites (tertiary alicyclic amines) is 1. The molecule has 0 aliphatic carbocycles. The van der Waals surface area contributed by atoms with E-state index in [1.807, 2.05) is 19.2 Å². The SMILES string of the molecule is CO[C@@H]1CN(C(=O)c2cc(C)c[nH]2)CC[C@@H]1N. The summed E-state index contributed by atoms with van der Waals surface area (Å²) in [6.45, 7) is 3.21. The van der Waals surface area contributed by atoms with Crippen molar-refractivity contribution in [3.05, 3.63) is 23.5 Å². The van der Waals surface area contributed by atoms with E-state index < -0.39 is 0 Å². The normalized spacial score (nSPS) is 25.0. The molecule has 0 radical (unpaired) electrons. The number of rotatable bonds is 2. The topological polar surface area (TPSA) is 71.3 Å². The first-order valence-electron chi connectivity index (χ1n) is 5.84. The number of methoxy groups -OCH3 is 1. The molecule has 3 N–H and O–H groups in total. The Morgan fingerprint density at radius 3 is 3.00 bits per heavy atom. The average Bonchev–Trinajstić information content (AvgIpc) is 2.75. The van der Waals surface area contributed by atoms with Crippen LogP contribution in [0.3, 0.4) is 0 Å². The van der Waals surface area contributed by atoms with Crippen molar-refractivity contribution in [1.82, 2.24) is 9.88 Å². The van der Waals surface area contributed by atoms with Crippen LogP contribution in [0.25, 0.3) is 0 Å². The highest BCUT2D eigenvalue weighted by Crippen LogP contribution is 2.15. The molecule has 0 aromatic carbocycles. The van der Waals surface area contributed by atoms with Gasteiger partial charge in [-0.1, -0.05) is 0 Å². The summed E-state index contributed by atoms with van der Waals surface area (Å²) in [5.41, 5.74) is 7.62. The largest absolute Gasteiger partial charge is 0.378 e. The average molecular weight is 237 g/mol. The standard InChI is InChI=1S/C12H19N3O2/c1-8-5-10(14-6-8)12(16)15-4-3-9(13)11(7-15)17-2/h5-6,9,11,14H,3-4,7,13H2,1-2H3/t9-,11+/m0/s1. The number of hydrogen-bond donors (Lipinski definition) is 2. The van der Waals surface area contributed by atoms with Crippen LogP contribution in [0.2, 0.25) is 0 Å². The van der Waals surface area contributed by atoms with Crippen LogP contribution in [0.4, 0.5) is 0 Å². The Kier molecular flexibility index (Phi) is 3.49. The number of aryl methyl sites for hydroxylation is 1.